The maximum Gasteiger partial charge on any atom is 0.255 e. The van der Waals surface area contributed by atoms with Gasteiger partial charge in [0.25, 0.3) is 5.91 Å². The molecule has 1 aromatic heterocycles. The van der Waals surface area contributed by atoms with Crippen LogP contribution in [-0.2, 0) is 0 Å². The van der Waals surface area contributed by atoms with Gasteiger partial charge in [0, 0.05) is 22.3 Å². The van der Waals surface area contributed by atoms with Crippen molar-refractivity contribution in [2.75, 3.05) is 24.9 Å². The normalized spacial score (nSPS) is 10.2. The second kappa shape index (κ2) is 8.42. The first-order chi connectivity index (χ1) is 13.1. The Balaban J connectivity index is 1.69. The average Bonchev–Trinajstić information content (AvgIpc) is 2.70. The van der Waals surface area contributed by atoms with Crippen LogP contribution in [0.2, 0.25) is 5.02 Å². The van der Waals surface area contributed by atoms with E-state index in [4.69, 9.17) is 21.1 Å². The first-order valence-corrected chi connectivity index (χ1v) is 8.48. The number of nitrogens with one attached hydrogen (secondary N) is 2. The second-order valence-corrected chi connectivity index (χ2v) is 6.06. The number of aromatic nitrogens is 1. The lowest BCUT2D eigenvalue weighted by Gasteiger charge is -2.10. The van der Waals surface area contributed by atoms with Gasteiger partial charge in [0.05, 0.1) is 26.1 Å². The molecule has 2 N–H and O–H groups in total. The fraction of sp³-hybridized carbons (Fsp3) is 0.100. The molecule has 2 aromatic carbocycles. The molecule has 0 bridgehead atoms. The van der Waals surface area contributed by atoms with Gasteiger partial charge in [-0.15, -0.1) is 0 Å². The van der Waals surface area contributed by atoms with Crippen molar-refractivity contribution < 1.29 is 14.3 Å². The highest BCUT2D eigenvalue weighted by molar-refractivity contribution is 6.30. The van der Waals surface area contributed by atoms with Gasteiger partial charge in [0.1, 0.15) is 17.3 Å². The van der Waals surface area contributed by atoms with Crippen molar-refractivity contribution in [2.24, 2.45) is 0 Å². The van der Waals surface area contributed by atoms with Crippen molar-refractivity contribution in [3.63, 3.8) is 0 Å². The number of hydrogen-bond donors (Lipinski definition) is 2. The second-order valence-electron chi connectivity index (χ2n) is 5.62. The monoisotopic (exact) mass is 383 g/mol. The maximum absolute atomic E-state index is 12.5. The van der Waals surface area contributed by atoms with Crippen molar-refractivity contribution >= 4 is 34.7 Å². The summed E-state index contributed by atoms with van der Waals surface area (Å²) in [7, 11) is 3.07. The van der Waals surface area contributed by atoms with Gasteiger partial charge >= 0.3 is 0 Å². The molecule has 3 rings (SSSR count). The third-order valence-electron chi connectivity index (χ3n) is 3.75. The molecule has 0 saturated carbocycles. The van der Waals surface area contributed by atoms with Crippen LogP contribution in [0.1, 0.15) is 10.4 Å². The molecule has 0 radical (unpaired) electrons. The number of halogens is 1. The molecule has 0 aliphatic carbocycles. The summed E-state index contributed by atoms with van der Waals surface area (Å²) in [5, 5.41) is 6.63. The highest BCUT2D eigenvalue weighted by atomic mass is 35.5. The molecule has 0 aliphatic rings. The molecule has 3 aromatic rings. The zero-order valence-corrected chi connectivity index (χ0v) is 15.6. The third-order valence-corrected chi connectivity index (χ3v) is 4.00. The highest BCUT2D eigenvalue weighted by Crippen LogP contribution is 2.23. The van der Waals surface area contributed by atoms with Crippen molar-refractivity contribution in [1.82, 2.24) is 4.98 Å². The Morgan fingerprint density at radius 3 is 2.11 bits per heavy atom. The zero-order valence-electron chi connectivity index (χ0n) is 14.8. The number of nitrogens with zero attached hydrogens (tertiary/aromatic N) is 1. The number of methoxy groups -OCH3 is 2. The Labute approximate surface area is 162 Å². The number of carbonyl (C=O) groups excluding carboxylic acids is 1. The van der Waals surface area contributed by atoms with Gasteiger partial charge in [-0.05, 0) is 48.5 Å². The van der Waals surface area contributed by atoms with Crippen LogP contribution in [0.25, 0.3) is 0 Å². The highest BCUT2D eigenvalue weighted by Gasteiger charge is 2.10. The van der Waals surface area contributed by atoms with Crippen LogP contribution in [-0.4, -0.2) is 25.1 Å². The molecule has 1 amide bonds. The van der Waals surface area contributed by atoms with E-state index in [1.54, 1.807) is 48.7 Å². The van der Waals surface area contributed by atoms with E-state index in [2.05, 4.69) is 15.6 Å². The number of hydrogen-bond acceptors (Lipinski definition) is 5. The van der Waals surface area contributed by atoms with Crippen LogP contribution < -0.4 is 20.1 Å². The summed E-state index contributed by atoms with van der Waals surface area (Å²) < 4.78 is 10.4. The summed E-state index contributed by atoms with van der Waals surface area (Å²) in [5.74, 6) is 1.45. The van der Waals surface area contributed by atoms with E-state index in [0.29, 0.717) is 33.6 Å². The molecule has 27 heavy (non-hydrogen) atoms. The zero-order chi connectivity index (χ0) is 19.2. The van der Waals surface area contributed by atoms with E-state index >= 15 is 0 Å². The molecular formula is C20H18ClN3O3. The number of rotatable bonds is 6. The number of amides is 1. The summed E-state index contributed by atoms with van der Waals surface area (Å²) in [6.07, 6.45) is 1.58. The lowest BCUT2D eigenvalue weighted by Crippen LogP contribution is -2.12. The molecule has 0 unspecified atom stereocenters. The number of carbonyl (C=O) groups is 1. The van der Waals surface area contributed by atoms with E-state index in [1.165, 1.54) is 14.2 Å². The van der Waals surface area contributed by atoms with Crippen LogP contribution >= 0.6 is 11.6 Å². The predicted octanol–water partition coefficient (Wildman–Crippen LogP) is 4.75. The van der Waals surface area contributed by atoms with E-state index in [0.717, 1.165) is 5.69 Å². The summed E-state index contributed by atoms with van der Waals surface area (Å²) in [6, 6.07) is 15.8. The first kappa shape index (κ1) is 18.5. The lowest BCUT2D eigenvalue weighted by molar-refractivity contribution is 0.102. The topological polar surface area (TPSA) is 72.5 Å². The average molecular weight is 384 g/mol. The van der Waals surface area contributed by atoms with Gasteiger partial charge in [0.15, 0.2) is 0 Å². The molecule has 7 heteroatoms. The van der Waals surface area contributed by atoms with Crippen molar-refractivity contribution in [2.45, 2.75) is 0 Å². The largest absolute Gasteiger partial charge is 0.497 e. The minimum atomic E-state index is -0.285. The number of pyridine rings is 1. The van der Waals surface area contributed by atoms with Crippen LogP contribution in [0.5, 0.6) is 11.5 Å². The van der Waals surface area contributed by atoms with Crippen LogP contribution in [0.15, 0.2) is 60.8 Å². The number of ether oxygens (including phenoxy) is 2. The Hall–Kier alpha value is -3.25. The van der Waals surface area contributed by atoms with Gasteiger partial charge in [0.2, 0.25) is 0 Å². The van der Waals surface area contributed by atoms with E-state index in [9.17, 15) is 4.79 Å². The summed E-state index contributed by atoms with van der Waals surface area (Å²) in [6.45, 7) is 0. The smallest absolute Gasteiger partial charge is 0.255 e. The maximum atomic E-state index is 12.5. The summed E-state index contributed by atoms with van der Waals surface area (Å²) in [4.78, 5) is 16.8. The molecule has 0 spiro atoms. The summed E-state index contributed by atoms with van der Waals surface area (Å²) >= 11 is 5.87. The minimum Gasteiger partial charge on any atom is -0.497 e. The molecule has 1 heterocycles. The molecule has 0 fully saturated rings. The lowest BCUT2D eigenvalue weighted by atomic mass is 10.2. The molecule has 6 nitrogen and oxygen atoms in total. The SMILES string of the molecule is COc1cc(OC)cc(C(=O)Nc2ccc(Nc3ccc(Cl)cc3)nc2)c1. The van der Waals surface area contributed by atoms with Gasteiger partial charge in [-0.25, -0.2) is 4.98 Å². The van der Waals surface area contributed by atoms with E-state index in [-0.39, 0.29) is 5.91 Å². The third kappa shape index (κ3) is 4.89. The standard InChI is InChI=1S/C20H18ClN3O3/c1-26-17-9-13(10-18(11-17)27-2)20(25)24-16-7-8-19(22-12-16)23-15-5-3-14(21)4-6-15/h3-12H,1-2H3,(H,22,23)(H,24,25). The molecule has 0 atom stereocenters. The number of benzene rings is 2. The Kier molecular flexibility index (Phi) is 5.78. The fourth-order valence-corrected chi connectivity index (χ4v) is 2.49. The Morgan fingerprint density at radius 2 is 1.56 bits per heavy atom. The summed E-state index contributed by atoms with van der Waals surface area (Å²) in [5.41, 5.74) is 1.87. The number of anilines is 3. The van der Waals surface area contributed by atoms with Gasteiger partial charge in [-0.1, -0.05) is 11.6 Å². The quantitative estimate of drug-likeness (QED) is 0.642. The predicted molar refractivity (Wildman–Crippen MR) is 106 cm³/mol. The first-order valence-electron chi connectivity index (χ1n) is 8.10. The van der Waals surface area contributed by atoms with Gasteiger partial charge in [-0.3, -0.25) is 4.79 Å². The Bertz CT molecular complexity index is 906. The van der Waals surface area contributed by atoms with Crippen molar-refractivity contribution in [3.05, 3.63) is 71.4 Å². The van der Waals surface area contributed by atoms with E-state index in [1.807, 2.05) is 12.1 Å². The van der Waals surface area contributed by atoms with Crippen LogP contribution in [0.4, 0.5) is 17.2 Å². The van der Waals surface area contributed by atoms with Crippen LogP contribution in [0, 0.1) is 0 Å². The molecule has 138 valence electrons. The minimum absolute atomic E-state index is 0.285. The molecular weight excluding hydrogens is 366 g/mol. The van der Waals surface area contributed by atoms with Gasteiger partial charge in [-0.2, -0.15) is 0 Å². The van der Waals surface area contributed by atoms with Crippen molar-refractivity contribution in [3.8, 4) is 11.5 Å². The molecule has 0 saturated heterocycles. The van der Waals surface area contributed by atoms with Crippen molar-refractivity contribution in [1.29, 1.82) is 0 Å². The molecule has 0 aliphatic heterocycles. The Morgan fingerprint density at radius 1 is 0.926 bits per heavy atom. The van der Waals surface area contributed by atoms with Crippen LogP contribution in [0.3, 0.4) is 0 Å². The van der Waals surface area contributed by atoms with E-state index < -0.39 is 0 Å². The van der Waals surface area contributed by atoms with Gasteiger partial charge < -0.3 is 20.1 Å². The fourth-order valence-electron chi connectivity index (χ4n) is 2.36.